The van der Waals surface area contributed by atoms with Crippen LogP contribution in [-0.2, 0) is 9.59 Å². The second kappa shape index (κ2) is 10.1. The van der Waals surface area contributed by atoms with E-state index in [4.69, 9.17) is 11.6 Å². The van der Waals surface area contributed by atoms with Gasteiger partial charge in [0.1, 0.15) is 5.78 Å². The molecule has 4 aliphatic carbocycles. The molecule has 0 aromatic rings. The number of Topliss-reactive ketones (excluding diaryl/α,β-unsaturated/α-hetero) is 1. The highest BCUT2D eigenvalue weighted by Gasteiger charge is 2.61. The van der Waals surface area contributed by atoms with Crippen LogP contribution in [0.4, 0.5) is 0 Å². The molecule has 0 radical (unpaired) electrons. The lowest BCUT2D eigenvalue weighted by Gasteiger charge is -2.57. The van der Waals surface area contributed by atoms with Crippen LogP contribution in [0.15, 0.2) is 11.6 Å². The van der Waals surface area contributed by atoms with E-state index in [9.17, 15) is 14.7 Å². The topological polar surface area (TPSA) is 54.4 Å². The van der Waals surface area contributed by atoms with Gasteiger partial charge in [-0.2, -0.15) is 0 Å². The van der Waals surface area contributed by atoms with E-state index in [0.29, 0.717) is 48.7 Å². The average Bonchev–Trinajstić information content (AvgIpc) is 3.03. The molecule has 174 valence electrons. The highest BCUT2D eigenvalue weighted by Crippen LogP contribution is 2.62. The Kier molecular flexibility index (Phi) is 7.64. The molecule has 0 bridgehead atoms. The van der Waals surface area contributed by atoms with E-state index < -0.39 is 6.10 Å². The van der Waals surface area contributed by atoms with Gasteiger partial charge in [0.15, 0.2) is 5.78 Å². The van der Waals surface area contributed by atoms with Crippen molar-refractivity contribution in [2.75, 3.05) is 5.88 Å². The molecule has 7 atom stereocenters. The van der Waals surface area contributed by atoms with Crippen molar-refractivity contribution < 1.29 is 14.7 Å². The van der Waals surface area contributed by atoms with Crippen LogP contribution in [0.3, 0.4) is 0 Å². The highest BCUT2D eigenvalue weighted by atomic mass is 35.5. The lowest BCUT2D eigenvalue weighted by atomic mass is 9.48. The summed E-state index contributed by atoms with van der Waals surface area (Å²) >= 11 is 5.77. The van der Waals surface area contributed by atoms with Gasteiger partial charge in [-0.05, 0) is 74.2 Å². The molecular formula is C27H41ClO3. The van der Waals surface area contributed by atoms with Gasteiger partial charge in [0.2, 0.25) is 0 Å². The molecule has 0 aliphatic heterocycles. The predicted octanol–water partition coefficient (Wildman–Crippen LogP) is 6.25. The fourth-order valence-electron chi connectivity index (χ4n) is 7.89. The molecule has 0 spiro atoms. The number of fused-ring (bicyclic) bond motifs is 5. The van der Waals surface area contributed by atoms with Crippen LogP contribution < -0.4 is 0 Å². The first-order valence-corrected chi connectivity index (χ1v) is 13.5. The van der Waals surface area contributed by atoms with Gasteiger partial charge in [0.25, 0.3) is 0 Å². The maximum absolute atomic E-state index is 12.8. The second-order valence-electron chi connectivity index (χ2n) is 11.2. The fraction of sp³-hybridized carbons (Fsp3) is 0.852. The normalized spacial score (nSPS) is 39.6. The molecule has 1 N–H and O–H groups in total. The van der Waals surface area contributed by atoms with Crippen LogP contribution in [0, 0.1) is 35.0 Å². The number of unbranched alkanes of at least 4 members (excludes halogenated alkanes) is 6. The van der Waals surface area contributed by atoms with Gasteiger partial charge in [-0.3, -0.25) is 9.59 Å². The Labute approximate surface area is 193 Å². The van der Waals surface area contributed by atoms with E-state index >= 15 is 0 Å². The first kappa shape index (κ1) is 23.5. The minimum Gasteiger partial charge on any atom is -0.393 e. The van der Waals surface area contributed by atoms with Gasteiger partial charge < -0.3 is 5.11 Å². The van der Waals surface area contributed by atoms with Crippen molar-refractivity contribution in [2.24, 2.45) is 35.0 Å². The number of alkyl halides is 1. The minimum absolute atomic E-state index is 0.248. The van der Waals surface area contributed by atoms with Gasteiger partial charge in [-0.15, -0.1) is 11.6 Å². The molecule has 4 rings (SSSR count). The average molecular weight is 449 g/mol. The summed E-state index contributed by atoms with van der Waals surface area (Å²) in [6, 6.07) is 0. The van der Waals surface area contributed by atoms with Crippen LogP contribution in [-0.4, -0.2) is 28.7 Å². The Morgan fingerprint density at radius 2 is 1.71 bits per heavy atom. The molecule has 0 heterocycles. The third-order valence-electron chi connectivity index (χ3n) is 9.36. The van der Waals surface area contributed by atoms with E-state index in [-0.39, 0.29) is 17.1 Å². The summed E-state index contributed by atoms with van der Waals surface area (Å²) in [5.41, 5.74) is 0.989. The Bertz CT molecular complexity index is 701. The first-order valence-electron chi connectivity index (χ1n) is 13.0. The second-order valence-corrected chi connectivity index (χ2v) is 11.5. The lowest BCUT2D eigenvalue weighted by Crippen LogP contribution is -2.55. The molecule has 3 nitrogen and oxygen atoms in total. The Morgan fingerprint density at radius 3 is 2.45 bits per heavy atom. The minimum atomic E-state index is -0.403. The van der Waals surface area contributed by atoms with Crippen LogP contribution in [0.25, 0.3) is 0 Å². The molecule has 3 saturated carbocycles. The SMILES string of the molecule is C[C@]12CC(O)[C@H]3[C@@H]([C@H](CCCCCCCCCCl)CC4=CC(=O)CC[C@@H]43)[C@@H]1CCC2=O. The summed E-state index contributed by atoms with van der Waals surface area (Å²) in [7, 11) is 0. The number of halogens is 1. The zero-order valence-electron chi connectivity index (χ0n) is 19.3. The summed E-state index contributed by atoms with van der Waals surface area (Å²) in [6.07, 6.45) is 16.3. The highest BCUT2D eigenvalue weighted by molar-refractivity contribution is 6.17. The van der Waals surface area contributed by atoms with Crippen molar-refractivity contribution in [3.05, 3.63) is 11.6 Å². The van der Waals surface area contributed by atoms with Crippen molar-refractivity contribution in [2.45, 2.75) is 103 Å². The molecule has 0 aromatic heterocycles. The van der Waals surface area contributed by atoms with Crippen LogP contribution in [0.1, 0.15) is 96.8 Å². The number of aliphatic hydroxyl groups is 1. The smallest absolute Gasteiger partial charge is 0.155 e. The van der Waals surface area contributed by atoms with Gasteiger partial charge in [-0.1, -0.05) is 51.0 Å². The summed E-state index contributed by atoms with van der Waals surface area (Å²) in [5, 5.41) is 11.3. The predicted molar refractivity (Wildman–Crippen MR) is 125 cm³/mol. The van der Waals surface area contributed by atoms with Crippen LogP contribution in [0.2, 0.25) is 0 Å². The number of carbonyl (C=O) groups is 2. The quantitative estimate of drug-likeness (QED) is 0.334. The van der Waals surface area contributed by atoms with Crippen molar-refractivity contribution >= 4 is 23.2 Å². The van der Waals surface area contributed by atoms with E-state index in [1.165, 1.54) is 50.5 Å². The number of allylic oxidation sites excluding steroid dienone is 1. The van der Waals surface area contributed by atoms with E-state index in [1.54, 1.807) is 0 Å². The van der Waals surface area contributed by atoms with E-state index in [2.05, 4.69) is 6.92 Å². The van der Waals surface area contributed by atoms with E-state index in [1.807, 2.05) is 6.08 Å². The van der Waals surface area contributed by atoms with Crippen molar-refractivity contribution in [1.82, 2.24) is 0 Å². The molecule has 0 saturated heterocycles. The molecular weight excluding hydrogens is 408 g/mol. The Balaban J connectivity index is 1.45. The van der Waals surface area contributed by atoms with Crippen molar-refractivity contribution in [3.8, 4) is 0 Å². The first-order chi connectivity index (χ1) is 15.0. The Hall–Kier alpha value is -0.670. The molecule has 4 heteroatoms. The monoisotopic (exact) mass is 448 g/mol. The number of ketones is 2. The molecule has 31 heavy (non-hydrogen) atoms. The van der Waals surface area contributed by atoms with Crippen molar-refractivity contribution in [3.63, 3.8) is 0 Å². The number of carbonyl (C=O) groups excluding carboxylic acids is 2. The zero-order chi connectivity index (χ0) is 22.0. The third-order valence-corrected chi connectivity index (χ3v) is 9.63. The standard InChI is InChI=1S/C27H41ClO3/c1-27-17-23(30)26-21-11-10-20(29)16-19(21)15-18(25(26)22(27)12-13-24(27)31)9-7-5-3-2-4-6-8-14-28/h16,18,21-23,25-26,30H,2-15,17H2,1H3/t18-,21+,22+,23?,25+,26+,27+/m1/s1. The van der Waals surface area contributed by atoms with Crippen LogP contribution in [0.5, 0.6) is 0 Å². The summed E-state index contributed by atoms with van der Waals surface area (Å²) < 4.78 is 0. The number of hydrogen-bond donors (Lipinski definition) is 1. The van der Waals surface area contributed by atoms with E-state index in [0.717, 1.165) is 31.6 Å². The largest absolute Gasteiger partial charge is 0.393 e. The molecule has 0 amide bonds. The molecule has 4 aliphatic rings. The number of rotatable bonds is 9. The zero-order valence-corrected chi connectivity index (χ0v) is 20.0. The Morgan fingerprint density at radius 1 is 1.00 bits per heavy atom. The summed E-state index contributed by atoms with van der Waals surface area (Å²) in [4.78, 5) is 25.0. The van der Waals surface area contributed by atoms with Gasteiger partial charge >= 0.3 is 0 Å². The molecule has 1 unspecified atom stereocenters. The number of hydrogen-bond acceptors (Lipinski definition) is 3. The fourth-order valence-corrected chi connectivity index (χ4v) is 8.08. The maximum atomic E-state index is 12.8. The third kappa shape index (κ3) is 4.69. The maximum Gasteiger partial charge on any atom is 0.155 e. The van der Waals surface area contributed by atoms with Gasteiger partial charge in [0.05, 0.1) is 6.10 Å². The molecule has 0 aromatic carbocycles. The molecule has 3 fully saturated rings. The lowest BCUT2D eigenvalue weighted by molar-refractivity contribution is -0.145. The van der Waals surface area contributed by atoms with Crippen molar-refractivity contribution in [1.29, 1.82) is 0 Å². The number of aliphatic hydroxyl groups excluding tert-OH is 1. The van der Waals surface area contributed by atoms with Gasteiger partial charge in [0, 0.05) is 24.1 Å². The summed E-state index contributed by atoms with van der Waals surface area (Å²) in [5.74, 6) is 3.41. The summed E-state index contributed by atoms with van der Waals surface area (Å²) in [6.45, 7) is 2.14. The van der Waals surface area contributed by atoms with Crippen LogP contribution >= 0.6 is 11.6 Å². The van der Waals surface area contributed by atoms with Gasteiger partial charge in [-0.25, -0.2) is 0 Å².